The van der Waals surface area contributed by atoms with E-state index >= 15 is 0 Å². The first-order chi connectivity index (χ1) is 26.3. The van der Waals surface area contributed by atoms with E-state index in [4.69, 9.17) is 0 Å². The molecule has 0 spiro atoms. The fourth-order valence-corrected chi connectivity index (χ4v) is 8.04. The van der Waals surface area contributed by atoms with Crippen LogP contribution in [0.2, 0.25) is 0 Å². The third-order valence-electron chi connectivity index (χ3n) is 10.5. The van der Waals surface area contributed by atoms with E-state index < -0.39 is 0 Å². The summed E-state index contributed by atoms with van der Waals surface area (Å²) in [7, 11) is 0. The molecular weight excluding hydrogens is 647 g/mol. The molecule has 5 N–H and O–H groups in total. The lowest BCUT2D eigenvalue weighted by atomic mass is 9.92. The molecule has 0 aliphatic heterocycles. The molecule has 0 bridgehead atoms. The Bertz CT molecular complexity index is 2280. The SMILES string of the molecule is c1ccc(C(c2ccc[nH]2)c2ccc(C(c3ccccc3)c3ccc(C(c4ccccc4)c4ccc(C(c5ccccc5)c5ccc[nH]5)[nH]4)[nH]3)[nH]2)cc1. The monoisotopic (exact) mass is 687 g/mol. The van der Waals surface area contributed by atoms with E-state index in [2.05, 4.69) is 207 Å². The van der Waals surface area contributed by atoms with Gasteiger partial charge in [0.25, 0.3) is 0 Å². The Balaban J connectivity index is 1.11. The van der Waals surface area contributed by atoms with E-state index in [1.807, 2.05) is 12.4 Å². The molecule has 53 heavy (non-hydrogen) atoms. The van der Waals surface area contributed by atoms with Gasteiger partial charge in [-0.25, -0.2) is 0 Å². The van der Waals surface area contributed by atoms with Gasteiger partial charge in [-0.3, -0.25) is 0 Å². The van der Waals surface area contributed by atoms with Crippen molar-refractivity contribution in [1.29, 1.82) is 0 Å². The maximum Gasteiger partial charge on any atom is 0.0641 e. The summed E-state index contributed by atoms with van der Waals surface area (Å²) in [6.45, 7) is 0. The molecule has 5 heteroatoms. The second-order valence-electron chi connectivity index (χ2n) is 13.7. The number of nitrogens with one attached hydrogen (secondary N) is 5. The third kappa shape index (κ3) is 6.49. The first kappa shape index (κ1) is 32.2. The Morgan fingerprint density at radius 3 is 0.698 bits per heavy atom. The van der Waals surface area contributed by atoms with Gasteiger partial charge in [0.15, 0.2) is 0 Å². The summed E-state index contributed by atoms with van der Waals surface area (Å²) in [5.74, 6) is 0.0751. The molecule has 5 aromatic heterocycles. The van der Waals surface area contributed by atoms with Crippen molar-refractivity contribution < 1.29 is 0 Å². The molecule has 0 fully saturated rings. The number of aromatic nitrogens is 5. The lowest BCUT2D eigenvalue weighted by Crippen LogP contribution is -2.09. The molecule has 0 saturated carbocycles. The summed E-state index contributed by atoms with van der Waals surface area (Å²) >= 11 is 0. The van der Waals surface area contributed by atoms with Gasteiger partial charge in [-0.05, 0) is 82.9 Å². The van der Waals surface area contributed by atoms with Gasteiger partial charge in [0.1, 0.15) is 0 Å². The zero-order valence-corrected chi connectivity index (χ0v) is 29.3. The summed E-state index contributed by atoms with van der Waals surface area (Å²) in [5.41, 5.74) is 14.1. The lowest BCUT2D eigenvalue weighted by molar-refractivity contribution is 0.826. The van der Waals surface area contributed by atoms with Crippen LogP contribution in [0.3, 0.4) is 0 Å². The molecule has 0 radical (unpaired) electrons. The quantitative estimate of drug-likeness (QED) is 0.0848. The van der Waals surface area contributed by atoms with Gasteiger partial charge in [0, 0.05) is 57.9 Å². The van der Waals surface area contributed by atoms with Crippen LogP contribution < -0.4 is 0 Å². The van der Waals surface area contributed by atoms with Crippen molar-refractivity contribution in [2.45, 2.75) is 23.7 Å². The van der Waals surface area contributed by atoms with Crippen molar-refractivity contribution >= 4 is 0 Å². The Kier molecular flexibility index (Phi) is 8.80. The number of hydrogen-bond donors (Lipinski definition) is 5. The van der Waals surface area contributed by atoms with Gasteiger partial charge in [-0.1, -0.05) is 121 Å². The highest BCUT2D eigenvalue weighted by atomic mass is 14.8. The summed E-state index contributed by atoms with van der Waals surface area (Å²) in [4.78, 5) is 18.7. The largest absolute Gasteiger partial charge is 0.364 e. The number of rotatable bonds is 12. The average molecular weight is 688 g/mol. The van der Waals surface area contributed by atoms with Crippen LogP contribution in [0.15, 0.2) is 194 Å². The predicted molar refractivity (Wildman–Crippen MR) is 214 cm³/mol. The highest BCUT2D eigenvalue weighted by Crippen LogP contribution is 2.39. The molecule has 5 heterocycles. The minimum Gasteiger partial charge on any atom is -0.364 e. The van der Waals surface area contributed by atoms with Gasteiger partial charge in [0.05, 0.1) is 23.7 Å². The molecule has 0 saturated heterocycles. The van der Waals surface area contributed by atoms with Crippen LogP contribution >= 0.6 is 0 Å². The van der Waals surface area contributed by atoms with Crippen LogP contribution in [0.4, 0.5) is 0 Å². The van der Waals surface area contributed by atoms with Crippen LogP contribution in [-0.4, -0.2) is 24.9 Å². The fraction of sp³-hybridized carbons (Fsp3) is 0.0833. The van der Waals surface area contributed by atoms with Crippen molar-refractivity contribution in [3.63, 3.8) is 0 Å². The van der Waals surface area contributed by atoms with Crippen molar-refractivity contribution in [3.05, 3.63) is 262 Å². The van der Waals surface area contributed by atoms with E-state index in [0.717, 1.165) is 45.6 Å². The molecule has 4 unspecified atom stereocenters. The van der Waals surface area contributed by atoms with Crippen molar-refractivity contribution in [1.82, 2.24) is 24.9 Å². The maximum absolute atomic E-state index is 3.95. The molecule has 5 nitrogen and oxygen atoms in total. The first-order valence-electron chi connectivity index (χ1n) is 18.3. The number of H-pyrrole nitrogens is 5. The van der Waals surface area contributed by atoms with Crippen LogP contribution in [0.1, 0.15) is 91.5 Å². The minimum atomic E-state index is -0.0234. The van der Waals surface area contributed by atoms with Gasteiger partial charge in [-0.15, -0.1) is 0 Å². The van der Waals surface area contributed by atoms with Crippen molar-refractivity contribution in [2.75, 3.05) is 0 Å². The topological polar surface area (TPSA) is 78.9 Å². The molecular formula is C48H41N5. The highest BCUT2D eigenvalue weighted by molar-refractivity contribution is 5.47. The Hall–Kier alpha value is -6.72. The zero-order valence-electron chi connectivity index (χ0n) is 29.3. The molecule has 258 valence electrons. The minimum absolute atomic E-state index is 0.0234. The van der Waals surface area contributed by atoms with Crippen molar-refractivity contribution in [3.8, 4) is 0 Å². The van der Waals surface area contributed by atoms with Crippen LogP contribution in [0.25, 0.3) is 0 Å². The zero-order chi connectivity index (χ0) is 35.4. The van der Waals surface area contributed by atoms with Crippen molar-refractivity contribution in [2.24, 2.45) is 0 Å². The first-order valence-corrected chi connectivity index (χ1v) is 18.3. The predicted octanol–water partition coefficient (Wildman–Crippen LogP) is 11.0. The lowest BCUT2D eigenvalue weighted by Gasteiger charge is -2.19. The number of aromatic amines is 5. The van der Waals surface area contributed by atoms with Gasteiger partial charge in [0.2, 0.25) is 0 Å². The van der Waals surface area contributed by atoms with Crippen LogP contribution in [-0.2, 0) is 0 Å². The van der Waals surface area contributed by atoms with Gasteiger partial charge < -0.3 is 24.9 Å². The maximum atomic E-state index is 3.95. The third-order valence-corrected chi connectivity index (χ3v) is 10.5. The number of benzene rings is 4. The van der Waals surface area contributed by atoms with Crippen LogP contribution in [0.5, 0.6) is 0 Å². The van der Waals surface area contributed by atoms with E-state index in [1.54, 1.807) is 0 Å². The van der Waals surface area contributed by atoms with E-state index in [1.165, 1.54) is 22.3 Å². The van der Waals surface area contributed by atoms with E-state index in [9.17, 15) is 0 Å². The Labute approximate surface area is 309 Å². The molecule has 4 atom stereocenters. The second kappa shape index (κ2) is 14.5. The normalized spacial score (nSPS) is 13.7. The van der Waals surface area contributed by atoms with E-state index in [0.29, 0.717) is 0 Å². The molecule has 0 aliphatic rings. The second-order valence-corrected chi connectivity index (χ2v) is 13.7. The standard InChI is InChI=1S/C48H41N5/c1-5-15-33(16-6-1)45(37-23-13-31-49-37)39-25-27-41(51-39)47(35-19-9-3-10-20-35)43-29-30-44(53-43)48(36-21-11-4-12-22-36)42-28-26-40(52-42)46(38-24-14-32-50-38)34-17-7-2-8-18-34/h1-32,45-53H. The van der Waals surface area contributed by atoms with Crippen LogP contribution in [0, 0.1) is 0 Å². The van der Waals surface area contributed by atoms with Gasteiger partial charge >= 0.3 is 0 Å². The molecule has 9 rings (SSSR count). The average Bonchev–Trinajstić information content (AvgIpc) is 4.07. The highest BCUT2D eigenvalue weighted by Gasteiger charge is 2.27. The Morgan fingerprint density at radius 1 is 0.226 bits per heavy atom. The van der Waals surface area contributed by atoms with Gasteiger partial charge in [-0.2, -0.15) is 0 Å². The summed E-state index contributed by atoms with van der Waals surface area (Å²) in [6, 6.07) is 65.0. The molecule has 0 amide bonds. The molecule has 4 aromatic carbocycles. The summed E-state index contributed by atoms with van der Waals surface area (Å²) in [6.07, 6.45) is 4.00. The summed E-state index contributed by atoms with van der Waals surface area (Å²) < 4.78 is 0. The van der Waals surface area contributed by atoms with E-state index in [-0.39, 0.29) is 23.7 Å². The smallest absolute Gasteiger partial charge is 0.0641 e. The fourth-order valence-electron chi connectivity index (χ4n) is 8.04. The Morgan fingerprint density at radius 2 is 0.472 bits per heavy atom. The molecule has 0 aliphatic carbocycles. The number of hydrogen-bond acceptors (Lipinski definition) is 0. The molecule has 9 aromatic rings. The summed E-state index contributed by atoms with van der Waals surface area (Å²) in [5, 5.41) is 0.